The zero-order chi connectivity index (χ0) is 16.4. The Hall–Kier alpha value is -3.02. The monoisotopic (exact) mass is 310 g/mol. The van der Waals surface area contributed by atoms with Gasteiger partial charge in [0, 0.05) is 11.1 Å². The second-order valence-electron chi connectivity index (χ2n) is 5.27. The number of nitrogens with zero attached hydrogens (tertiary/aromatic N) is 2. The molecule has 118 valence electrons. The summed E-state index contributed by atoms with van der Waals surface area (Å²) in [7, 11) is 1.57. The third kappa shape index (κ3) is 2.83. The van der Waals surface area contributed by atoms with E-state index in [9.17, 15) is 4.79 Å². The van der Waals surface area contributed by atoms with Crippen LogP contribution in [0.1, 0.15) is 13.0 Å². The molecule has 0 aliphatic carbocycles. The lowest BCUT2D eigenvalue weighted by Crippen LogP contribution is -2.24. The second kappa shape index (κ2) is 6.00. The molecule has 0 bridgehead atoms. The fourth-order valence-corrected chi connectivity index (χ4v) is 2.46. The van der Waals surface area contributed by atoms with Gasteiger partial charge in [-0.2, -0.15) is 5.10 Å². The Labute approximate surface area is 133 Å². The van der Waals surface area contributed by atoms with Crippen molar-refractivity contribution in [3.05, 3.63) is 48.7 Å². The highest BCUT2D eigenvalue weighted by molar-refractivity contribution is 5.96. The van der Waals surface area contributed by atoms with Crippen LogP contribution >= 0.6 is 0 Å². The summed E-state index contributed by atoms with van der Waals surface area (Å²) in [6.07, 6.45) is 1.72. The number of aromatic nitrogens is 2. The Morgan fingerprint density at radius 1 is 1.30 bits per heavy atom. The molecule has 3 rings (SSSR count). The predicted octanol–water partition coefficient (Wildman–Crippen LogP) is 2.83. The molecule has 1 amide bonds. The van der Waals surface area contributed by atoms with Crippen LogP contribution < -0.4 is 15.8 Å². The maximum atomic E-state index is 12.5. The number of amides is 1. The van der Waals surface area contributed by atoms with Gasteiger partial charge in [0.15, 0.2) is 0 Å². The van der Waals surface area contributed by atoms with Gasteiger partial charge in [0.05, 0.1) is 24.5 Å². The molecule has 3 aromatic rings. The molecule has 0 spiro atoms. The Balaban J connectivity index is 1.88. The predicted molar refractivity (Wildman–Crippen MR) is 90.5 cm³/mol. The van der Waals surface area contributed by atoms with Gasteiger partial charge in [0.2, 0.25) is 5.91 Å². The number of nitrogens with one attached hydrogen (secondary N) is 1. The topological polar surface area (TPSA) is 82.2 Å². The van der Waals surface area contributed by atoms with Gasteiger partial charge in [-0.1, -0.05) is 12.1 Å². The van der Waals surface area contributed by atoms with E-state index in [-0.39, 0.29) is 5.91 Å². The average molecular weight is 310 g/mol. The highest BCUT2D eigenvalue weighted by Crippen LogP contribution is 2.25. The molecule has 0 saturated heterocycles. The van der Waals surface area contributed by atoms with E-state index in [2.05, 4.69) is 10.4 Å². The van der Waals surface area contributed by atoms with Crippen LogP contribution in [0.2, 0.25) is 0 Å². The van der Waals surface area contributed by atoms with Crippen LogP contribution in [0.15, 0.2) is 48.7 Å². The third-order valence-electron chi connectivity index (χ3n) is 3.73. The maximum absolute atomic E-state index is 12.5. The molecule has 3 N–H and O–H groups in total. The van der Waals surface area contributed by atoms with Crippen molar-refractivity contribution in [1.29, 1.82) is 0 Å². The lowest BCUT2D eigenvalue weighted by molar-refractivity contribution is -0.119. The molecule has 6 nitrogen and oxygen atoms in total. The van der Waals surface area contributed by atoms with Crippen molar-refractivity contribution in [2.75, 3.05) is 18.2 Å². The number of rotatable bonds is 4. The maximum Gasteiger partial charge on any atom is 0.249 e. The van der Waals surface area contributed by atoms with Gasteiger partial charge in [-0.15, -0.1) is 0 Å². The zero-order valence-electron chi connectivity index (χ0n) is 13.0. The number of para-hydroxylation sites is 2. The summed E-state index contributed by atoms with van der Waals surface area (Å²) in [6.45, 7) is 1.79. The normalized spacial score (nSPS) is 12.1. The summed E-state index contributed by atoms with van der Waals surface area (Å²) < 4.78 is 6.91. The standard InChI is InChI=1S/C17H18N4O2/c1-11(17(22)20-14-5-3-4-6-16(14)23-2)21-15-9-13(18)8-7-12(15)10-19-21/h3-11H,18H2,1-2H3,(H,20,22). The van der Waals surface area contributed by atoms with Crippen molar-refractivity contribution in [1.82, 2.24) is 9.78 Å². The van der Waals surface area contributed by atoms with Crippen LogP contribution in [-0.4, -0.2) is 22.8 Å². The van der Waals surface area contributed by atoms with E-state index >= 15 is 0 Å². The molecular weight excluding hydrogens is 292 g/mol. The van der Waals surface area contributed by atoms with Crippen molar-refractivity contribution < 1.29 is 9.53 Å². The molecule has 0 fully saturated rings. The van der Waals surface area contributed by atoms with Gasteiger partial charge >= 0.3 is 0 Å². The number of methoxy groups -OCH3 is 1. The summed E-state index contributed by atoms with van der Waals surface area (Å²) in [5.41, 5.74) is 7.92. The van der Waals surface area contributed by atoms with Crippen LogP contribution in [0, 0.1) is 0 Å². The number of nitrogens with two attached hydrogens (primary N) is 1. The first kappa shape index (κ1) is 14.9. The molecule has 6 heteroatoms. The van der Waals surface area contributed by atoms with Crippen LogP contribution in [-0.2, 0) is 4.79 Å². The van der Waals surface area contributed by atoms with Crippen LogP contribution in [0.25, 0.3) is 10.9 Å². The molecule has 0 aliphatic rings. The molecule has 0 aliphatic heterocycles. The fourth-order valence-electron chi connectivity index (χ4n) is 2.46. The third-order valence-corrected chi connectivity index (χ3v) is 3.73. The number of carbonyl (C=O) groups is 1. The van der Waals surface area contributed by atoms with Crippen LogP contribution in [0.5, 0.6) is 5.75 Å². The first-order valence-electron chi connectivity index (χ1n) is 7.27. The number of benzene rings is 2. The Kier molecular flexibility index (Phi) is 3.89. The number of carbonyl (C=O) groups excluding carboxylic acids is 1. The van der Waals surface area contributed by atoms with Crippen LogP contribution in [0.3, 0.4) is 0 Å². The van der Waals surface area contributed by atoms with Gasteiger partial charge in [-0.3, -0.25) is 9.48 Å². The smallest absolute Gasteiger partial charge is 0.249 e. The van der Waals surface area contributed by atoms with E-state index in [1.807, 2.05) is 30.3 Å². The Bertz CT molecular complexity index is 857. The quantitative estimate of drug-likeness (QED) is 0.726. The Morgan fingerprint density at radius 2 is 2.09 bits per heavy atom. The van der Waals surface area contributed by atoms with Gasteiger partial charge in [0.1, 0.15) is 11.8 Å². The van der Waals surface area contributed by atoms with E-state index in [1.165, 1.54) is 0 Å². The van der Waals surface area contributed by atoms with Gasteiger partial charge < -0.3 is 15.8 Å². The summed E-state index contributed by atoms with van der Waals surface area (Å²) in [6, 6.07) is 12.3. The average Bonchev–Trinajstić information content (AvgIpc) is 2.97. The molecule has 23 heavy (non-hydrogen) atoms. The van der Waals surface area contributed by atoms with Crippen molar-refractivity contribution in [2.45, 2.75) is 13.0 Å². The van der Waals surface area contributed by atoms with E-state index < -0.39 is 6.04 Å². The van der Waals surface area contributed by atoms with Gasteiger partial charge in [-0.25, -0.2) is 0 Å². The molecular formula is C17H18N4O2. The lowest BCUT2D eigenvalue weighted by atomic mass is 10.2. The molecule has 1 atom stereocenters. The number of ether oxygens (including phenoxy) is 1. The number of anilines is 2. The Morgan fingerprint density at radius 3 is 2.87 bits per heavy atom. The first-order chi connectivity index (χ1) is 11.1. The van der Waals surface area contributed by atoms with E-state index in [1.54, 1.807) is 37.0 Å². The highest BCUT2D eigenvalue weighted by atomic mass is 16.5. The van der Waals surface area contributed by atoms with Crippen LogP contribution in [0.4, 0.5) is 11.4 Å². The minimum Gasteiger partial charge on any atom is -0.495 e. The number of fused-ring (bicyclic) bond motifs is 1. The number of nitrogen functional groups attached to an aromatic ring is 1. The second-order valence-corrected chi connectivity index (χ2v) is 5.27. The molecule has 0 radical (unpaired) electrons. The highest BCUT2D eigenvalue weighted by Gasteiger charge is 2.19. The van der Waals surface area contributed by atoms with Gasteiger partial charge in [0.25, 0.3) is 0 Å². The summed E-state index contributed by atoms with van der Waals surface area (Å²) in [4.78, 5) is 12.5. The first-order valence-corrected chi connectivity index (χ1v) is 7.27. The molecule has 0 saturated carbocycles. The fraction of sp³-hybridized carbons (Fsp3) is 0.176. The minimum atomic E-state index is -0.487. The number of hydrogen-bond acceptors (Lipinski definition) is 4. The summed E-state index contributed by atoms with van der Waals surface area (Å²) in [5, 5.41) is 8.12. The SMILES string of the molecule is COc1ccccc1NC(=O)C(C)n1ncc2ccc(N)cc21. The largest absolute Gasteiger partial charge is 0.495 e. The summed E-state index contributed by atoms with van der Waals surface area (Å²) >= 11 is 0. The molecule has 1 unspecified atom stereocenters. The van der Waals surface area contributed by atoms with Crippen molar-refractivity contribution >= 4 is 28.2 Å². The zero-order valence-corrected chi connectivity index (χ0v) is 13.0. The molecule has 2 aromatic carbocycles. The van der Waals surface area contributed by atoms with Gasteiger partial charge in [-0.05, 0) is 37.3 Å². The van der Waals surface area contributed by atoms with E-state index in [4.69, 9.17) is 10.5 Å². The lowest BCUT2D eigenvalue weighted by Gasteiger charge is -2.15. The summed E-state index contributed by atoms with van der Waals surface area (Å²) in [5.74, 6) is 0.435. The minimum absolute atomic E-state index is 0.179. The van der Waals surface area contributed by atoms with E-state index in [0.717, 1.165) is 10.9 Å². The van der Waals surface area contributed by atoms with Crippen molar-refractivity contribution in [2.24, 2.45) is 0 Å². The molecule has 1 heterocycles. The van der Waals surface area contributed by atoms with E-state index in [0.29, 0.717) is 17.1 Å². The molecule has 1 aromatic heterocycles. The van der Waals surface area contributed by atoms with Crippen molar-refractivity contribution in [3.8, 4) is 5.75 Å². The van der Waals surface area contributed by atoms with Crippen molar-refractivity contribution in [3.63, 3.8) is 0 Å². The number of hydrogen-bond donors (Lipinski definition) is 2.